The van der Waals surface area contributed by atoms with Crippen molar-refractivity contribution < 1.29 is 49.4 Å². The predicted molar refractivity (Wildman–Crippen MR) is 51.1 cm³/mol. The van der Waals surface area contributed by atoms with Crippen LogP contribution < -0.4 is 5.11 Å². The molecule has 1 rings (SSSR count). The van der Waals surface area contributed by atoms with Gasteiger partial charge in [-0.1, -0.05) is 5.76 Å². The number of halogens is 9. The van der Waals surface area contributed by atoms with Gasteiger partial charge in [0, 0.05) is 0 Å². The smallest absolute Gasteiger partial charge is 0.454 e. The van der Waals surface area contributed by atoms with Gasteiger partial charge in [0.2, 0.25) is 5.82 Å². The van der Waals surface area contributed by atoms with Gasteiger partial charge in [0.05, 0.1) is 5.69 Å². The average molecular weight is 353 g/mol. The minimum absolute atomic E-state index is 0.294. The molecule has 0 bridgehead atoms. The van der Waals surface area contributed by atoms with Crippen molar-refractivity contribution >= 4 is 11.5 Å². The summed E-state index contributed by atoms with van der Waals surface area (Å²) >= 11 is 0. The molecule has 0 aliphatic rings. The highest BCUT2D eigenvalue weighted by Crippen LogP contribution is 2.33. The molecule has 0 amide bonds. The van der Waals surface area contributed by atoms with Crippen molar-refractivity contribution in [3.8, 4) is 0 Å². The first-order valence-corrected chi connectivity index (χ1v) is 5.16. The number of carbonyl (C=O) groups is 1. The van der Waals surface area contributed by atoms with Gasteiger partial charge in [-0.2, -0.15) is 39.5 Å². The maximum atomic E-state index is 12.4. The molecular formula is C10H2F9N2O2-. The monoisotopic (exact) mass is 353 g/mol. The van der Waals surface area contributed by atoms with Crippen LogP contribution in [-0.4, -0.2) is 21.9 Å². The lowest BCUT2D eigenvalue weighted by Gasteiger charge is -2.16. The van der Waals surface area contributed by atoms with E-state index in [0.29, 0.717) is 0 Å². The van der Waals surface area contributed by atoms with Crippen molar-refractivity contribution in [2.75, 3.05) is 0 Å². The number of aromatic nitrogens is 2. The molecule has 1 aromatic rings. The number of carbonyl (C=O) groups excluding carboxylic acids is 1. The van der Waals surface area contributed by atoms with Crippen molar-refractivity contribution in [2.45, 2.75) is 18.5 Å². The summed E-state index contributed by atoms with van der Waals surface area (Å²) in [6, 6.07) is -0.294. The Bertz CT molecular complexity index is 611. The molecule has 23 heavy (non-hydrogen) atoms. The molecule has 128 valence electrons. The quantitative estimate of drug-likeness (QED) is 0.465. The van der Waals surface area contributed by atoms with Crippen molar-refractivity contribution in [3.05, 3.63) is 29.4 Å². The lowest BCUT2D eigenvalue weighted by molar-refractivity contribution is -0.245. The summed E-state index contributed by atoms with van der Waals surface area (Å²) in [4.78, 5) is 15.1. The highest BCUT2D eigenvalue weighted by molar-refractivity contribution is 5.98. The fraction of sp³-hybridized carbons (Fsp3) is 0.300. The van der Waals surface area contributed by atoms with E-state index in [4.69, 9.17) is 0 Å². The van der Waals surface area contributed by atoms with Crippen molar-refractivity contribution in [3.63, 3.8) is 0 Å². The lowest BCUT2D eigenvalue weighted by atomic mass is 10.2. The summed E-state index contributed by atoms with van der Waals surface area (Å²) in [5, 5.41) is 11.3. The molecule has 0 atom stereocenters. The zero-order valence-electron chi connectivity index (χ0n) is 10.3. The van der Waals surface area contributed by atoms with Crippen LogP contribution in [0.3, 0.4) is 0 Å². The number of rotatable bonds is 2. The number of nitrogens with zero attached hydrogens (tertiary/aromatic N) is 2. The Morgan fingerprint density at radius 1 is 0.957 bits per heavy atom. The third-order valence-corrected chi connectivity index (χ3v) is 2.06. The van der Waals surface area contributed by atoms with Crippen LogP contribution in [0.1, 0.15) is 17.2 Å². The van der Waals surface area contributed by atoms with E-state index in [1.54, 1.807) is 0 Å². The average Bonchev–Trinajstić information content (AvgIpc) is 2.34. The Balaban J connectivity index is 3.47. The molecule has 4 nitrogen and oxygen atoms in total. The van der Waals surface area contributed by atoms with Gasteiger partial charge in [-0.15, -0.1) is 0 Å². The molecule has 0 N–H and O–H groups in total. The van der Waals surface area contributed by atoms with E-state index < -0.39 is 53.4 Å². The summed E-state index contributed by atoms with van der Waals surface area (Å²) in [7, 11) is 0. The van der Waals surface area contributed by atoms with Crippen LogP contribution >= 0.6 is 0 Å². The third-order valence-electron chi connectivity index (χ3n) is 2.06. The summed E-state index contributed by atoms with van der Waals surface area (Å²) in [5.74, 6) is -7.22. The highest BCUT2D eigenvalue weighted by Gasteiger charge is 2.40. The Kier molecular flexibility index (Phi) is 4.64. The molecule has 13 heteroatoms. The molecule has 0 saturated heterocycles. The predicted octanol–water partition coefficient (Wildman–Crippen LogP) is 2.35. The second-order valence-electron chi connectivity index (χ2n) is 3.83. The molecule has 0 unspecified atom stereocenters. The Morgan fingerprint density at radius 3 is 1.87 bits per heavy atom. The summed E-state index contributed by atoms with van der Waals surface area (Å²) in [5.41, 5.74) is -3.85. The molecule has 0 aliphatic heterocycles. The molecule has 1 heterocycles. The van der Waals surface area contributed by atoms with Crippen LogP contribution in [0.5, 0.6) is 0 Å². The Morgan fingerprint density at radius 2 is 1.48 bits per heavy atom. The van der Waals surface area contributed by atoms with Crippen LogP contribution in [0, 0.1) is 0 Å². The lowest BCUT2D eigenvalue weighted by Crippen LogP contribution is -2.23. The molecule has 0 aromatic carbocycles. The van der Waals surface area contributed by atoms with Crippen LogP contribution in [0.2, 0.25) is 0 Å². The van der Waals surface area contributed by atoms with Gasteiger partial charge in [0.15, 0.2) is 0 Å². The first-order valence-electron chi connectivity index (χ1n) is 5.16. The van der Waals surface area contributed by atoms with Gasteiger partial charge in [-0.05, 0) is 12.1 Å². The second-order valence-corrected chi connectivity index (χ2v) is 3.83. The Labute approximate surface area is 120 Å². The van der Waals surface area contributed by atoms with Gasteiger partial charge in [0.25, 0.3) is 5.78 Å². The molecular weight excluding hydrogens is 351 g/mol. The van der Waals surface area contributed by atoms with E-state index in [1.807, 2.05) is 0 Å². The first-order chi connectivity index (χ1) is 10.1. The number of alkyl halides is 9. The van der Waals surface area contributed by atoms with E-state index in [2.05, 4.69) is 9.97 Å². The van der Waals surface area contributed by atoms with E-state index in [9.17, 15) is 49.4 Å². The summed E-state index contributed by atoms with van der Waals surface area (Å²) in [6.07, 6.45) is -17.2. The maximum absolute atomic E-state index is 12.4. The van der Waals surface area contributed by atoms with E-state index in [-0.39, 0.29) is 6.07 Å². The summed E-state index contributed by atoms with van der Waals surface area (Å²) < 4.78 is 110. The van der Waals surface area contributed by atoms with E-state index >= 15 is 0 Å². The van der Waals surface area contributed by atoms with Crippen molar-refractivity contribution in [1.29, 1.82) is 0 Å². The van der Waals surface area contributed by atoms with Crippen LogP contribution in [-0.2, 0) is 17.1 Å². The molecule has 1 aromatic heterocycles. The first kappa shape index (κ1) is 18.7. The van der Waals surface area contributed by atoms with Gasteiger partial charge in [-0.3, -0.25) is 4.79 Å². The highest BCUT2D eigenvalue weighted by atomic mass is 19.4. The maximum Gasteiger partial charge on any atom is 0.454 e. The normalized spacial score (nSPS) is 14.0. The zero-order chi connectivity index (χ0) is 18.2. The molecule has 0 spiro atoms. The van der Waals surface area contributed by atoms with Crippen LogP contribution in [0.15, 0.2) is 12.1 Å². The molecule has 0 saturated carbocycles. The third kappa shape index (κ3) is 4.82. The van der Waals surface area contributed by atoms with Gasteiger partial charge in [-0.25, -0.2) is 9.97 Å². The van der Waals surface area contributed by atoms with Gasteiger partial charge >= 0.3 is 18.5 Å². The zero-order valence-corrected chi connectivity index (χ0v) is 10.3. The fourth-order valence-corrected chi connectivity index (χ4v) is 1.12. The van der Waals surface area contributed by atoms with Crippen molar-refractivity contribution in [1.82, 2.24) is 9.97 Å². The van der Waals surface area contributed by atoms with Gasteiger partial charge in [0.1, 0.15) is 5.69 Å². The second kappa shape index (κ2) is 5.70. The largest absolute Gasteiger partial charge is 0.871 e. The van der Waals surface area contributed by atoms with Crippen LogP contribution in [0.4, 0.5) is 39.5 Å². The standard InChI is InChI=1S/C10H3F9N2O2/c11-8(12,13)5-1-3(20-7(21-5)10(17,18)19)4(22)2-6(23)9(14,15)16/h1-2,22H/p-1/b4-2-. The minimum atomic E-state index is -5.53. The number of hydrogen-bond donors (Lipinski definition) is 0. The van der Waals surface area contributed by atoms with E-state index in [0.717, 1.165) is 0 Å². The topological polar surface area (TPSA) is 65.9 Å². The number of allylic oxidation sites excluding steroid dienone is 1. The Hall–Kier alpha value is -2.34. The van der Waals surface area contributed by atoms with Gasteiger partial charge < -0.3 is 5.11 Å². The van der Waals surface area contributed by atoms with Crippen molar-refractivity contribution in [2.24, 2.45) is 0 Å². The fourth-order valence-electron chi connectivity index (χ4n) is 1.12. The summed E-state index contributed by atoms with van der Waals surface area (Å²) in [6.45, 7) is 0. The molecule has 0 radical (unpaired) electrons. The molecule has 0 aliphatic carbocycles. The van der Waals surface area contributed by atoms with Crippen LogP contribution in [0.25, 0.3) is 5.76 Å². The SMILES string of the molecule is O=C(/C=C(\[O-])c1cc(C(F)(F)F)nc(C(F)(F)F)n1)C(F)(F)F. The minimum Gasteiger partial charge on any atom is -0.871 e. The van der Waals surface area contributed by atoms with E-state index in [1.165, 1.54) is 0 Å². The molecule has 0 fully saturated rings. The number of hydrogen-bond acceptors (Lipinski definition) is 4. The number of ketones is 1.